The molecule has 0 bridgehead atoms. The summed E-state index contributed by atoms with van der Waals surface area (Å²) in [6.45, 7) is 3.52. The van der Waals surface area contributed by atoms with Crippen LogP contribution in [0.25, 0.3) is 10.4 Å². The average Bonchev–Trinajstić information content (AvgIpc) is 3.23. The topological polar surface area (TPSA) is 267 Å². The number of aliphatic hydroxyl groups is 1. The Kier molecular flexibility index (Phi) is 12.8. The van der Waals surface area contributed by atoms with Gasteiger partial charge in [-0.3, -0.25) is 0 Å². The van der Waals surface area contributed by atoms with Crippen molar-refractivity contribution >= 4 is 6.09 Å². The lowest BCUT2D eigenvalue weighted by Gasteiger charge is -2.49. The number of fused-ring (bicyclic) bond motifs is 1. The number of aliphatic hydroxyl groups excluding tert-OH is 1. The summed E-state index contributed by atoms with van der Waals surface area (Å²) in [5.41, 5.74) is 32.6. The maximum absolute atomic E-state index is 12.3. The van der Waals surface area contributed by atoms with Crippen molar-refractivity contribution in [3.63, 3.8) is 0 Å². The lowest BCUT2D eigenvalue weighted by atomic mass is 9.83. The minimum Gasteiger partial charge on any atom is -0.438 e. The second kappa shape index (κ2) is 16.1. The fourth-order valence-corrected chi connectivity index (χ4v) is 6.18. The normalized spacial score (nSPS) is 40.8. The molecule has 4 aliphatic rings. The number of nitrogens with two attached hydrogens (primary N) is 4. The number of azide groups is 1. The highest BCUT2D eigenvalue weighted by Gasteiger charge is 2.59. The van der Waals surface area contributed by atoms with Crippen LogP contribution in [0.15, 0.2) is 5.11 Å². The smallest absolute Gasteiger partial charge is 0.410 e. The Morgan fingerprint density at radius 2 is 1.68 bits per heavy atom. The number of hydrogen-bond acceptors (Lipinski definition) is 15. The Morgan fingerprint density at radius 3 is 2.36 bits per heavy atom. The van der Waals surface area contributed by atoms with Gasteiger partial charge in [-0.25, -0.2) is 4.79 Å². The predicted octanol–water partition coefficient (Wildman–Crippen LogP) is -1.74. The Balaban J connectivity index is 1.44. The van der Waals surface area contributed by atoms with E-state index in [1.807, 2.05) is 0 Å². The molecule has 5 unspecified atom stereocenters. The summed E-state index contributed by atoms with van der Waals surface area (Å²) in [6.07, 6.45) is -4.64. The molecular weight excluding hydrogens is 584 g/mol. The largest absolute Gasteiger partial charge is 0.438 e. The minimum absolute atomic E-state index is 0.00636. The second-order valence-electron chi connectivity index (χ2n) is 11.8. The van der Waals surface area contributed by atoms with Gasteiger partial charge in [0.25, 0.3) is 0 Å². The van der Waals surface area contributed by atoms with Gasteiger partial charge in [0.2, 0.25) is 0 Å². The third kappa shape index (κ3) is 8.27. The van der Waals surface area contributed by atoms with Gasteiger partial charge in [-0.05, 0) is 31.7 Å². The van der Waals surface area contributed by atoms with Crippen LogP contribution in [-0.2, 0) is 37.9 Å². The van der Waals surface area contributed by atoms with E-state index in [0.29, 0.717) is 39.2 Å². The van der Waals surface area contributed by atoms with Crippen molar-refractivity contribution < 1.29 is 47.8 Å². The standard InChI is InChI=1S/C26H48N8O10/c1-26-13-40-24(18(35)22(26)34(2)25(36)44-26)43-20-17(30)11-16(29)19(42-23-15(28)4-3-14(12-27)41-23)21(20)39-10-9-38-8-7-37-6-5-32-33-31/h14-24,35H,3-13,27-30H2,1-2H3/t14?,15-,16?,17+,18+,19+,20?,21-,22-,23+,24?,26?/m0/s1. The Bertz CT molecular complexity index is 981. The van der Waals surface area contributed by atoms with Crippen molar-refractivity contribution in [1.82, 2.24) is 4.90 Å². The number of carbonyl (C=O) groups excluding carboxylic acids is 1. The lowest BCUT2D eigenvalue weighted by Crippen LogP contribution is -2.68. The third-order valence-electron chi connectivity index (χ3n) is 8.48. The number of hydrogen-bond donors (Lipinski definition) is 5. The van der Waals surface area contributed by atoms with Gasteiger partial charge in [0.05, 0.1) is 51.8 Å². The molecule has 44 heavy (non-hydrogen) atoms. The summed E-state index contributed by atoms with van der Waals surface area (Å²) in [6, 6.07) is -2.27. The van der Waals surface area contributed by atoms with Crippen LogP contribution >= 0.6 is 0 Å². The highest BCUT2D eigenvalue weighted by molar-refractivity contribution is 5.71. The Hall–Kier alpha value is -1.90. The molecule has 18 heteroatoms. The zero-order chi connectivity index (χ0) is 31.9. The van der Waals surface area contributed by atoms with Crippen molar-refractivity contribution in [2.75, 3.05) is 59.8 Å². The van der Waals surface area contributed by atoms with Gasteiger partial charge in [-0.1, -0.05) is 5.11 Å². The summed E-state index contributed by atoms with van der Waals surface area (Å²) in [5.74, 6) is 0. The van der Waals surface area contributed by atoms with Crippen LogP contribution in [0.3, 0.4) is 0 Å². The summed E-state index contributed by atoms with van der Waals surface area (Å²) in [5, 5.41) is 14.7. The van der Waals surface area contributed by atoms with Crippen molar-refractivity contribution in [3.05, 3.63) is 10.4 Å². The first-order chi connectivity index (χ1) is 21.1. The number of rotatable bonds is 15. The SMILES string of the molecule is CN1C(=O)OC2(C)COC(OC3[C@H](N)CC(N)[C@@H](O[C@H]4OC(CN)CC[C@@H]4N)[C@@H]3OCCOCCOCCN=[N+]=[N-])[C@H](O)[C@H]12. The molecule has 3 heterocycles. The third-order valence-corrected chi connectivity index (χ3v) is 8.48. The summed E-state index contributed by atoms with van der Waals surface area (Å²) < 4.78 is 47.4. The minimum atomic E-state index is -1.24. The number of nitrogens with zero attached hydrogens (tertiary/aromatic N) is 4. The Labute approximate surface area is 256 Å². The molecule has 4 rings (SSSR count). The maximum Gasteiger partial charge on any atom is 0.410 e. The van der Waals surface area contributed by atoms with E-state index in [2.05, 4.69) is 10.0 Å². The van der Waals surface area contributed by atoms with Crippen molar-refractivity contribution in [3.8, 4) is 0 Å². The maximum atomic E-state index is 12.3. The molecule has 12 atom stereocenters. The molecule has 1 saturated carbocycles. The van der Waals surface area contributed by atoms with E-state index in [0.717, 1.165) is 6.42 Å². The first kappa shape index (κ1) is 35.0. The van der Waals surface area contributed by atoms with Crippen LogP contribution in [0, 0.1) is 0 Å². The van der Waals surface area contributed by atoms with Crippen LogP contribution < -0.4 is 22.9 Å². The number of carbonyl (C=O) groups is 1. The highest BCUT2D eigenvalue weighted by atomic mass is 16.7. The molecular formula is C26H48N8O10. The van der Waals surface area contributed by atoms with Gasteiger partial charge in [0.1, 0.15) is 30.5 Å². The zero-order valence-corrected chi connectivity index (χ0v) is 25.3. The fraction of sp³-hybridized carbons (Fsp3) is 0.962. The second-order valence-corrected chi connectivity index (χ2v) is 11.8. The van der Waals surface area contributed by atoms with E-state index < -0.39 is 72.9 Å². The van der Waals surface area contributed by atoms with Crippen LogP contribution in [0.5, 0.6) is 0 Å². The highest BCUT2D eigenvalue weighted by Crippen LogP contribution is 2.38. The van der Waals surface area contributed by atoms with E-state index in [9.17, 15) is 9.90 Å². The van der Waals surface area contributed by atoms with Gasteiger partial charge in [-0.2, -0.15) is 0 Å². The van der Waals surface area contributed by atoms with Crippen molar-refractivity contribution in [2.24, 2.45) is 28.0 Å². The number of amides is 1. The number of ether oxygens (including phenoxy) is 8. The molecule has 0 spiro atoms. The van der Waals surface area contributed by atoms with E-state index in [1.165, 1.54) is 4.90 Å². The molecule has 0 radical (unpaired) electrons. The van der Waals surface area contributed by atoms with Crippen molar-refractivity contribution in [1.29, 1.82) is 0 Å². The first-order valence-electron chi connectivity index (χ1n) is 15.1. The summed E-state index contributed by atoms with van der Waals surface area (Å²) >= 11 is 0. The predicted molar refractivity (Wildman–Crippen MR) is 153 cm³/mol. The quantitative estimate of drug-likeness (QED) is 0.0581. The van der Waals surface area contributed by atoms with E-state index >= 15 is 0 Å². The monoisotopic (exact) mass is 632 g/mol. The van der Waals surface area contributed by atoms with Crippen LogP contribution in [0.4, 0.5) is 4.79 Å². The van der Waals surface area contributed by atoms with Gasteiger partial charge < -0.3 is 70.8 Å². The Morgan fingerprint density at radius 1 is 1.02 bits per heavy atom. The fourth-order valence-electron chi connectivity index (χ4n) is 6.18. The molecule has 18 nitrogen and oxygen atoms in total. The van der Waals surface area contributed by atoms with E-state index in [4.69, 9.17) is 66.4 Å². The van der Waals surface area contributed by atoms with Gasteiger partial charge in [0.15, 0.2) is 18.2 Å². The van der Waals surface area contributed by atoms with E-state index in [-0.39, 0.29) is 32.5 Å². The molecule has 1 amide bonds. The zero-order valence-electron chi connectivity index (χ0n) is 25.3. The molecule has 0 aromatic rings. The molecule has 252 valence electrons. The van der Waals surface area contributed by atoms with Crippen molar-refractivity contribution in [2.45, 2.75) is 99.1 Å². The summed E-state index contributed by atoms with van der Waals surface area (Å²) in [7, 11) is 1.55. The lowest BCUT2D eigenvalue weighted by molar-refractivity contribution is -0.308. The molecule has 9 N–H and O–H groups in total. The first-order valence-corrected chi connectivity index (χ1v) is 15.1. The van der Waals surface area contributed by atoms with Gasteiger partial charge >= 0.3 is 6.09 Å². The van der Waals surface area contributed by atoms with Crippen LogP contribution in [-0.4, -0.2) is 149 Å². The molecule has 0 aromatic carbocycles. The molecule has 3 aliphatic heterocycles. The molecule has 3 saturated heterocycles. The average molecular weight is 633 g/mol. The van der Waals surface area contributed by atoms with Crippen LogP contribution in [0.2, 0.25) is 0 Å². The number of likely N-dealkylation sites (N-methyl/N-ethyl adjacent to an activating group) is 1. The van der Waals surface area contributed by atoms with Gasteiger partial charge in [-0.15, -0.1) is 0 Å². The summed E-state index contributed by atoms with van der Waals surface area (Å²) in [4.78, 5) is 16.3. The van der Waals surface area contributed by atoms with E-state index in [1.54, 1.807) is 14.0 Å². The van der Waals surface area contributed by atoms with Gasteiger partial charge in [0, 0.05) is 37.1 Å². The molecule has 4 fully saturated rings. The molecule has 1 aliphatic carbocycles. The molecule has 0 aromatic heterocycles. The van der Waals surface area contributed by atoms with Crippen LogP contribution in [0.1, 0.15) is 26.2 Å².